The lowest BCUT2D eigenvalue weighted by Gasteiger charge is -2.08. The average Bonchev–Trinajstić information content (AvgIpc) is 2.34. The molecule has 0 amide bonds. The van der Waals surface area contributed by atoms with Gasteiger partial charge < -0.3 is 5.11 Å². The SMILES string of the molecule is OCc1cnc(-c2cc(Cl)c(Cl)cc2Cl)c(Cl)c1. The molecule has 0 saturated heterocycles. The van der Waals surface area contributed by atoms with Crippen molar-refractivity contribution in [3.05, 3.63) is 50.0 Å². The van der Waals surface area contributed by atoms with Gasteiger partial charge >= 0.3 is 0 Å². The zero-order valence-corrected chi connectivity index (χ0v) is 11.9. The van der Waals surface area contributed by atoms with Gasteiger partial charge in [-0.2, -0.15) is 0 Å². The van der Waals surface area contributed by atoms with Crippen LogP contribution in [0.2, 0.25) is 20.1 Å². The molecule has 0 saturated carbocycles. The summed E-state index contributed by atoms with van der Waals surface area (Å²) in [5.74, 6) is 0. The van der Waals surface area contributed by atoms with Gasteiger partial charge in [-0.3, -0.25) is 4.98 Å². The first-order chi connectivity index (χ1) is 8.52. The van der Waals surface area contributed by atoms with Crippen LogP contribution < -0.4 is 0 Å². The molecule has 1 aromatic carbocycles. The summed E-state index contributed by atoms with van der Waals surface area (Å²) in [7, 11) is 0. The number of rotatable bonds is 2. The van der Waals surface area contributed by atoms with Crippen LogP contribution in [-0.4, -0.2) is 10.1 Å². The second-order valence-electron chi connectivity index (χ2n) is 3.58. The van der Waals surface area contributed by atoms with Crippen molar-refractivity contribution in [2.45, 2.75) is 6.61 Å². The van der Waals surface area contributed by atoms with Gasteiger partial charge in [0.2, 0.25) is 0 Å². The second kappa shape index (κ2) is 5.64. The minimum atomic E-state index is -0.123. The van der Waals surface area contributed by atoms with E-state index in [2.05, 4.69) is 4.98 Å². The summed E-state index contributed by atoms with van der Waals surface area (Å²) in [6, 6.07) is 4.78. The highest BCUT2D eigenvalue weighted by Gasteiger charge is 2.12. The fourth-order valence-electron chi connectivity index (χ4n) is 1.47. The van der Waals surface area contributed by atoms with Crippen molar-refractivity contribution in [2.24, 2.45) is 0 Å². The zero-order valence-electron chi connectivity index (χ0n) is 8.92. The Balaban J connectivity index is 2.58. The van der Waals surface area contributed by atoms with E-state index in [0.717, 1.165) is 0 Å². The van der Waals surface area contributed by atoms with E-state index >= 15 is 0 Å². The number of nitrogens with zero attached hydrogens (tertiary/aromatic N) is 1. The van der Waals surface area contributed by atoms with Gasteiger partial charge in [0.05, 0.1) is 32.4 Å². The third kappa shape index (κ3) is 2.73. The molecular weight excluding hydrogens is 316 g/mol. The van der Waals surface area contributed by atoms with Gasteiger partial charge in [-0.05, 0) is 23.8 Å². The zero-order chi connectivity index (χ0) is 13.3. The maximum absolute atomic E-state index is 9.00. The molecule has 0 bridgehead atoms. The van der Waals surface area contributed by atoms with Crippen LogP contribution in [0.25, 0.3) is 11.3 Å². The van der Waals surface area contributed by atoms with Crippen LogP contribution in [0.4, 0.5) is 0 Å². The number of aliphatic hydroxyl groups excluding tert-OH is 1. The minimum Gasteiger partial charge on any atom is -0.392 e. The molecule has 0 atom stereocenters. The Hall–Kier alpha value is -0.510. The predicted molar refractivity (Wildman–Crippen MR) is 75.6 cm³/mol. The highest BCUT2D eigenvalue weighted by molar-refractivity contribution is 6.44. The van der Waals surface area contributed by atoms with Crippen molar-refractivity contribution in [2.75, 3.05) is 0 Å². The Bertz CT molecular complexity index is 601. The van der Waals surface area contributed by atoms with Gasteiger partial charge in [-0.15, -0.1) is 0 Å². The van der Waals surface area contributed by atoms with Gasteiger partial charge in [-0.1, -0.05) is 46.4 Å². The van der Waals surface area contributed by atoms with Gasteiger partial charge in [0.15, 0.2) is 0 Å². The molecule has 1 aromatic heterocycles. The summed E-state index contributed by atoms with van der Waals surface area (Å²) in [5, 5.41) is 10.5. The summed E-state index contributed by atoms with van der Waals surface area (Å²) in [6.45, 7) is -0.123. The van der Waals surface area contributed by atoms with Crippen LogP contribution in [0.5, 0.6) is 0 Å². The largest absolute Gasteiger partial charge is 0.392 e. The fourth-order valence-corrected chi connectivity index (χ4v) is 2.39. The number of aromatic nitrogens is 1. The predicted octanol–water partition coefficient (Wildman–Crippen LogP) is 4.85. The average molecular weight is 323 g/mol. The van der Waals surface area contributed by atoms with Crippen LogP contribution in [0.1, 0.15) is 5.56 Å². The Morgan fingerprint density at radius 3 is 2.17 bits per heavy atom. The number of hydrogen-bond acceptors (Lipinski definition) is 2. The van der Waals surface area contributed by atoms with Gasteiger partial charge in [0, 0.05) is 11.8 Å². The monoisotopic (exact) mass is 321 g/mol. The molecular formula is C12H7Cl4NO. The van der Waals surface area contributed by atoms with Crippen molar-refractivity contribution >= 4 is 46.4 Å². The number of pyridine rings is 1. The third-order valence-corrected chi connectivity index (χ3v) is 3.67. The third-order valence-electron chi connectivity index (χ3n) is 2.35. The summed E-state index contributed by atoms with van der Waals surface area (Å²) in [4.78, 5) is 4.17. The molecule has 0 aliphatic rings. The molecule has 2 aromatic rings. The Morgan fingerprint density at radius 1 is 0.889 bits per heavy atom. The van der Waals surface area contributed by atoms with E-state index in [1.54, 1.807) is 18.2 Å². The molecule has 18 heavy (non-hydrogen) atoms. The van der Waals surface area contributed by atoms with E-state index in [1.807, 2.05) is 0 Å². The van der Waals surface area contributed by atoms with Crippen LogP contribution in [0, 0.1) is 0 Å². The Kier molecular flexibility index (Phi) is 4.36. The first-order valence-corrected chi connectivity index (χ1v) is 6.44. The normalized spacial score (nSPS) is 10.7. The van der Waals surface area contributed by atoms with E-state index < -0.39 is 0 Å². The Labute approximate surface area is 124 Å². The molecule has 0 radical (unpaired) electrons. The number of hydrogen-bond donors (Lipinski definition) is 1. The fraction of sp³-hybridized carbons (Fsp3) is 0.0833. The van der Waals surface area contributed by atoms with Crippen molar-refractivity contribution in [3.8, 4) is 11.3 Å². The van der Waals surface area contributed by atoms with Crippen molar-refractivity contribution in [1.82, 2.24) is 4.98 Å². The van der Waals surface area contributed by atoms with Crippen LogP contribution in [-0.2, 0) is 6.61 Å². The molecule has 0 aliphatic heterocycles. The lowest BCUT2D eigenvalue weighted by Crippen LogP contribution is -1.91. The Morgan fingerprint density at radius 2 is 1.56 bits per heavy atom. The number of benzene rings is 1. The van der Waals surface area contributed by atoms with Crippen molar-refractivity contribution < 1.29 is 5.11 Å². The van der Waals surface area contributed by atoms with Gasteiger partial charge in [0.25, 0.3) is 0 Å². The van der Waals surface area contributed by atoms with E-state index in [4.69, 9.17) is 51.5 Å². The summed E-state index contributed by atoms with van der Waals surface area (Å²) in [5.41, 5.74) is 1.72. The maximum atomic E-state index is 9.00. The standard InChI is InChI=1S/C12H7Cl4NO/c13-8-3-10(15)9(14)2-7(8)12-11(16)1-6(5-18)4-17-12/h1-4,18H,5H2. The molecule has 0 aliphatic carbocycles. The molecule has 0 spiro atoms. The van der Waals surface area contributed by atoms with Gasteiger partial charge in [-0.25, -0.2) is 0 Å². The van der Waals surface area contributed by atoms with E-state index in [-0.39, 0.29) is 6.61 Å². The van der Waals surface area contributed by atoms with Crippen LogP contribution in [0.3, 0.4) is 0 Å². The number of halogens is 4. The summed E-state index contributed by atoms with van der Waals surface area (Å²) >= 11 is 24.0. The maximum Gasteiger partial charge on any atom is 0.0903 e. The molecule has 6 heteroatoms. The smallest absolute Gasteiger partial charge is 0.0903 e. The van der Waals surface area contributed by atoms with E-state index in [1.165, 1.54) is 6.20 Å². The van der Waals surface area contributed by atoms with E-state index in [0.29, 0.717) is 36.9 Å². The quantitative estimate of drug-likeness (QED) is 0.801. The van der Waals surface area contributed by atoms with Gasteiger partial charge in [0.1, 0.15) is 0 Å². The molecule has 2 nitrogen and oxygen atoms in total. The molecule has 94 valence electrons. The highest BCUT2D eigenvalue weighted by atomic mass is 35.5. The highest BCUT2D eigenvalue weighted by Crippen LogP contribution is 2.37. The lowest BCUT2D eigenvalue weighted by molar-refractivity contribution is 0.281. The molecule has 0 fully saturated rings. The first-order valence-electron chi connectivity index (χ1n) is 4.93. The molecule has 0 unspecified atom stereocenters. The van der Waals surface area contributed by atoms with Crippen molar-refractivity contribution in [1.29, 1.82) is 0 Å². The first kappa shape index (κ1) is 13.9. The summed E-state index contributed by atoms with van der Waals surface area (Å²) < 4.78 is 0. The number of aliphatic hydroxyl groups is 1. The van der Waals surface area contributed by atoms with Crippen LogP contribution in [0.15, 0.2) is 24.4 Å². The van der Waals surface area contributed by atoms with Crippen molar-refractivity contribution in [3.63, 3.8) is 0 Å². The topological polar surface area (TPSA) is 33.1 Å². The molecule has 1 heterocycles. The van der Waals surface area contributed by atoms with Crippen LogP contribution >= 0.6 is 46.4 Å². The molecule has 1 N–H and O–H groups in total. The minimum absolute atomic E-state index is 0.123. The second-order valence-corrected chi connectivity index (χ2v) is 5.21. The summed E-state index contributed by atoms with van der Waals surface area (Å²) in [6.07, 6.45) is 1.53. The molecule has 2 rings (SSSR count). The lowest BCUT2D eigenvalue weighted by atomic mass is 10.1. The van der Waals surface area contributed by atoms with E-state index in [9.17, 15) is 0 Å².